The van der Waals surface area contributed by atoms with Crippen LogP contribution in [0.5, 0.6) is 0 Å². The first-order valence-corrected chi connectivity index (χ1v) is 7.94. The normalized spacial score (nSPS) is 10.5. The van der Waals surface area contributed by atoms with Gasteiger partial charge in [-0.05, 0) is 45.4 Å². The zero-order valence-electron chi connectivity index (χ0n) is 13.8. The molecule has 0 heterocycles. The molecule has 21 heavy (non-hydrogen) atoms. The van der Waals surface area contributed by atoms with Crippen LogP contribution < -0.4 is 15.5 Å². The second-order valence-electron chi connectivity index (χ2n) is 5.28. The van der Waals surface area contributed by atoms with E-state index >= 15 is 0 Å². The summed E-state index contributed by atoms with van der Waals surface area (Å²) in [6.45, 7) is 12.1. The number of hydrogen-bond acceptors (Lipinski definition) is 3. The van der Waals surface area contributed by atoms with Crippen molar-refractivity contribution in [3.63, 3.8) is 0 Å². The second-order valence-corrected chi connectivity index (χ2v) is 5.28. The van der Waals surface area contributed by atoms with Gasteiger partial charge in [0.2, 0.25) is 5.91 Å². The molecule has 0 aliphatic heterocycles. The molecule has 0 radical (unpaired) electrons. The minimum Gasteiger partial charge on any atom is -0.362 e. The number of hydrogen-bond donors (Lipinski definition) is 2. The molecule has 0 saturated carbocycles. The molecule has 1 aromatic carbocycles. The average Bonchev–Trinajstić information content (AvgIpc) is 2.46. The standard InChI is InChI=1S/C17H29N3O/c1-5-10-18-12-15-11-14(4)8-9-16(15)20(7-3)13-17(21)19-6-2/h8-9,11,18H,5-7,10,12-13H2,1-4H3,(H,19,21). The molecule has 0 aliphatic carbocycles. The molecule has 0 spiro atoms. The van der Waals surface area contributed by atoms with Gasteiger partial charge in [0.1, 0.15) is 0 Å². The Morgan fingerprint density at radius 3 is 2.62 bits per heavy atom. The molecule has 1 rings (SSSR count). The highest BCUT2D eigenvalue weighted by Gasteiger charge is 2.13. The number of carbonyl (C=O) groups excluding carboxylic acids is 1. The van der Waals surface area contributed by atoms with E-state index in [9.17, 15) is 4.79 Å². The molecule has 1 amide bonds. The molecular weight excluding hydrogens is 262 g/mol. The average molecular weight is 291 g/mol. The Morgan fingerprint density at radius 1 is 1.24 bits per heavy atom. The molecule has 2 N–H and O–H groups in total. The van der Waals surface area contributed by atoms with Gasteiger partial charge < -0.3 is 15.5 Å². The summed E-state index contributed by atoms with van der Waals surface area (Å²) in [7, 11) is 0. The van der Waals surface area contributed by atoms with E-state index in [0.29, 0.717) is 13.1 Å². The molecule has 0 saturated heterocycles. The fraction of sp³-hybridized carbons (Fsp3) is 0.588. The van der Waals surface area contributed by atoms with Crippen molar-refractivity contribution in [1.82, 2.24) is 10.6 Å². The van der Waals surface area contributed by atoms with Crippen molar-refractivity contribution < 1.29 is 4.79 Å². The predicted molar refractivity (Wildman–Crippen MR) is 89.7 cm³/mol. The number of nitrogens with zero attached hydrogens (tertiary/aromatic N) is 1. The first-order valence-electron chi connectivity index (χ1n) is 7.94. The van der Waals surface area contributed by atoms with Crippen LogP contribution in [0.4, 0.5) is 5.69 Å². The lowest BCUT2D eigenvalue weighted by atomic mass is 10.1. The van der Waals surface area contributed by atoms with Crippen LogP contribution in [-0.2, 0) is 11.3 Å². The monoisotopic (exact) mass is 291 g/mol. The summed E-state index contributed by atoms with van der Waals surface area (Å²) in [5.74, 6) is 0.0763. The number of anilines is 1. The molecule has 0 bridgehead atoms. The zero-order valence-corrected chi connectivity index (χ0v) is 13.8. The highest BCUT2D eigenvalue weighted by Crippen LogP contribution is 2.22. The summed E-state index contributed by atoms with van der Waals surface area (Å²) < 4.78 is 0. The van der Waals surface area contributed by atoms with Gasteiger partial charge in [0, 0.05) is 25.3 Å². The van der Waals surface area contributed by atoms with E-state index in [0.717, 1.165) is 31.7 Å². The van der Waals surface area contributed by atoms with Crippen molar-refractivity contribution in [1.29, 1.82) is 0 Å². The Kier molecular flexibility index (Phi) is 7.83. The van der Waals surface area contributed by atoms with Gasteiger partial charge in [0.25, 0.3) is 0 Å². The molecule has 118 valence electrons. The largest absolute Gasteiger partial charge is 0.362 e. The minimum atomic E-state index is 0.0763. The molecule has 1 aromatic rings. The van der Waals surface area contributed by atoms with Crippen LogP contribution in [-0.4, -0.2) is 32.1 Å². The molecule has 0 aromatic heterocycles. The lowest BCUT2D eigenvalue weighted by Crippen LogP contribution is -2.37. The molecule has 0 aliphatic rings. The number of aryl methyl sites for hydroxylation is 1. The maximum absolute atomic E-state index is 11.9. The van der Waals surface area contributed by atoms with Crippen molar-refractivity contribution in [2.24, 2.45) is 0 Å². The van der Waals surface area contributed by atoms with E-state index in [2.05, 4.69) is 54.5 Å². The Labute approximate surface area is 128 Å². The first-order chi connectivity index (χ1) is 10.1. The molecular formula is C17H29N3O. The number of benzene rings is 1. The van der Waals surface area contributed by atoms with Crippen molar-refractivity contribution >= 4 is 11.6 Å². The van der Waals surface area contributed by atoms with Crippen molar-refractivity contribution in [3.05, 3.63) is 29.3 Å². The van der Waals surface area contributed by atoms with Crippen LogP contribution in [0.3, 0.4) is 0 Å². The Bertz CT molecular complexity index is 446. The van der Waals surface area contributed by atoms with E-state index < -0.39 is 0 Å². The number of nitrogens with one attached hydrogen (secondary N) is 2. The summed E-state index contributed by atoms with van der Waals surface area (Å²) in [5.41, 5.74) is 3.66. The van der Waals surface area contributed by atoms with Gasteiger partial charge in [-0.15, -0.1) is 0 Å². The lowest BCUT2D eigenvalue weighted by Gasteiger charge is -2.25. The maximum atomic E-state index is 11.9. The third-order valence-electron chi connectivity index (χ3n) is 3.41. The van der Waals surface area contributed by atoms with Gasteiger partial charge in [-0.25, -0.2) is 0 Å². The Balaban J connectivity index is 2.88. The maximum Gasteiger partial charge on any atom is 0.239 e. The van der Waals surface area contributed by atoms with Gasteiger partial charge in [0.15, 0.2) is 0 Å². The van der Waals surface area contributed by atoms with Gasteiger partial charge >= 0.3 is 0 Å². The van der Waals surface area contributed by atoms with E-state index in [-0.39, 0.29) is 5.91 Å². The highest BCUT2D eigenvalue weighted by molar-refractivity contribution is 5.81. The van der Waals surface area contributed by atoms with Crippen molar-refractivity contribution in [2.45, 2.75) is 40.7 Å². The number of rotatable bonds is 9. The molecule has 0 atom stereocenters. The van der Waals surface area contributed by atoms with Crippen LogP contribution in [0.25, 0.3) is 0 Å². The van der Waals surface area contributed by atoms with Crippen LogP contribution in [0.2, 0.25) is 0 Å². The third kappa shape index (κ3) is 5.76. The highest BCUT2D eigenvalue weighted by atomic mass is 16.2. The fourth-order valence-corrected chi connectivity index (χ4v) is 2.36. The Hall–Kier alpha value is -1.55. The molecule has 4 heteroatoms. The van der Waals surface area contributed by atoms with Crippen LogP contribution in [0.15, 0.2) is 18.2 Å². The Morgan fingerprint density at radius 2 is 2.00 bits per heavy atom. The molecule has 0 unspecified atom stereocenters. The fourth-order valence-electron chi connectivity index (χ4n) is 2.36. The van der Waals surface area contributed by atoms with Crippen molar-refractivity contribution in [3.8, 4) is 0 Å². The first kappa shape index (κ1) is 17.5. The summed E-state index contributed by atoms with van der Waals surface area (Å²) in [5, 5.41) is 6.32. The van der Waals surface area contributed by atoms with E-state index in [1.165, 1.54) is 11.1 Å². The summed E-state index contributed by atoms with van der Waals surface area (Å²) in [6, 6.07) is 6.44. The van der Waals surface area contributed by atoms with E-state index in [4.69, 9.17) is 0 Å². The number of carbonyl (C=O) groups is 1. The van der Waals surface area contributed by atoms with Crippen LogP contribution >= 0.6 is 0 Å². The van der Waals surface area contributed by atoms with E-state index in [1.807, 2.05) is 6.92 Å². The number of amides is 1. The van der Waals surface area contributed by atoms with Gasteiger partial charge in [-0.3, -0.25) is 4.79 Å². The summed E-state index contributed by atoms with van der Waals surface area (Å²) in [4.78, 5) is 14.0. The SMILES string of the molecule is CCCNCc1cc(C)ccc1N(CC)CC(=O)NCC. The van der Waals surface area contributed by atoms with Gasteiger partial charge in [-0.1, -0.05) is 24.6 Å². The topological polar surface area (TPSA) is 44.4 Å². The van der Waals surface area contributed by atoms with Crippen LogP contribution in [0.1, 0.15) is 38.3 Å². The quantitative estimate of drug-likeness (QED) is 0.687. The third-order valence-corrected chi connectivity index (χ3v) is 3.41. The second kappa shape index (κ2) is 9.40. The van der Waals surface area contributed by atoms with Gasteiger partial charge in [-0.2, -0.15) is 0 Å². The number of likely N-dealkylation sites (N-methyl/N-ethyl adjacent to an activating group) is 2. The smallest absolute Gasteiger partial charge is 0.239 e. The molecule has 0 fully saturated rings. The summed E-state index contributed by atoms with van der Waals surface area (Å²) >= 11 is 0. The van der Waals surface area contributed by atoms with Crippen LogP contribution in [0, 0.1) is 6.92 Å². The predicted octanol–water partition coefficient (Wildman–Crippen LogP) is 2.46. The van der Waals surface area contributed by atoms with Crippen molar-refractivity contribution in [2.75, 3.05) is 31.1 Å². The zero-order chi connectivity index (χ0) is 15.7. The lowest BCUT2D eigenvalue weighted by molar-refractivity contribution is -0.119. The van der Waals surface area contributed by atoms with Gasteiger partial charge in [0.05, 0.1) is 6.54 Å². The van der Waals surface area contributed by atoms with E-state index in [1.54, 1.807) is 0 Å². The minimum absolute atomic E-state index is 0.0763. The summed E-state index contributed by atoms with van der Waals surface area (Å²) in [6.07, 6.45) is 1.12. The molecule has 4 nitrogen and oxygen atoms in total.